The molecule has 0 unspecified atom stereocenters. The first kappa shape index (κ1) is 5.66. The van der Waals surface area contributed by atoms with Crippen LogP contribution in [0.3, 0.4) is 0 Å². The van der Waals surface area contributed by atoms with Crippen LogP contribution in [0, 0.1) is 0 Å². The van der Waals surface area contributed by atoms with Gasteiger partial charge in [0.1, 0.15) is 0 Å². The van der Waals surface area contributed by atoms with Crippen molar-refractivity contribution in [2.75, 3.05) is 9.11 Å². The molecule has 0 aliphatic heterocycles. The van der Waals surface area contributed by atoms with Crippen LogP contribution in [0.2, 0.25) is 0 Å². The third-order valence-electron chi connectivity index (χ3n) is 0.260. The fourth-order valence-electron chi connectivity index (χ4n) is 0.0714. The van der Waals surface area contributed by atoms with E-state index in [-0.39, 0.29) is 25.9 Å². The van der Waals surface area contributed by atoms with Gasteiger partial charge in [0.15, 0.2) is 0 Å². The van der Waals surface area contributed by atoms with Crippen molar-refractivity contribution in [2.45, 2.75) is 6.92 Å². The quantitative estimate of drug-likeness (QED) is 0.349. The van der Waals surface area contributed by atoms with Gasteiger partial charge in [0.25, 0.3) is 0 Å². The van der Waals surface area contributed by atoms with Crippen LogP contribution in [0.15, 0.2) is 0 Å². The summed E-state index contributed by atoms with van der Waals surface area (Å²) in [6.45, 7) is 2.02. The number of alkyl halides is 3. The Morgan fingerprint density at radius 2 is 2.40 bits per heavy atom. The Kier molecular flexibility index (Phi) is 5.28. The summed E-state index contributed by atoms with van der Waals surface area (Å²) in [5.41, 5.74) is 0. The molecule has 0 nitrogen and oxygen atoms in total. The number of hydrogen-bond acceptors (Lipinski definition) is 0. The monoisotopic (exact) mass is 189 g/mol. The zero-order valence-corrected chi connectivity index (χ0v) is 5.33. The Balaban J connectivity index is 2.19. The summed E-state index contributed by atoms with van der Waals surface area (Å²) in [7, 11) is 0. The summed E-state index contributed by atoms with van der Waals surface area (Å²) in [5.74, 6) is 0. The van der Waals surface area contributed by atoms with Gasteiger partial charge in [-0.3, -0.25) is 0 Å². The Hall–Kier alpha value is 0.660. The molecule has 0 aromatic rings. The molecular formula is C3H7FI-. The van der Waals surface area contributed by atoms with E-state index in [2.05, 4.69) is 0 Å². The summed E-state index contributed by atoms with van der Waals surface area (Å²) >= 11 is -0.0356. The molecule has 0 saturated carbocycles. The zero-order valence-electron chi connectivity index (χ0n) is 3.17. The molecule has 0 spiro atoms. The molecule has 0 aromatic carbocycles. The van der Waals surface area contributed by atoms with Crippen molar-refractivity contribution in [3.63, 3.8) is 0 Å². The predicted octanol–water partition coefficient (Wildman–Crippen LogP) is -1.98. The maximum absolute atomic E-state index is 11.0. The topological polar surface area (TPSA) is 0 Å². The third kappa shape index (κ3) is 4.66. The number of halogens is 2. The van der Waals surface area contributed by atoms with Gasteiger partial charge in [-0.1, -0.05) is 0 Å². The summed E-state index contributed by atoms with van der Waals surface area (Å²) < 4.78 is 12.1. The first-order valence-electron chi connectivity index (χ1n) is 1.51. The molecule has 0 fully saturated rings. The second-order valence-corrected chi connectivity index (χ2v) is 3.74. The SMILES string of the molecule is CC[I-]CF. The Morgan fingerprint density at radius 1 is 1.80 bits per heavy atom. The standard InChI is InChI=1S/C3H7FI/c1-2-5-3-4/h2-3H2,1H3/q-1. The van der Waals surface area contributed by atoms with Gasteiger partial charge in [-0.15, -0.1) is 0 Å². The van der Waals surface area contributed by atoms with E-state index in [0.29, 0.717) is 0 Å². The fraction of sp³-hybridized carbons (Fsp3) is 1.00. The molecule has 0 rings (SSSR count). The van der Waals surface area contributed by atoms with Gasteiger partial charge < -0.3 is 0 Å². The predicted molar refractivity (Wildman–Crippen MR) is 16.5 cm³/mol. The Morgan fingerprint density at radius 3 is 2.40 bits per heavy atom. The van der Waals surface area contributed by atoms with Crippen LogP contribution >= 0.6 is 0 Å². The van der Waals surface area contributed by atoms with E-state index in [1.165, 1.54) is 0 Å². The molecule has 0 amide bonds. The van der Waals surface area contributed by atoms with Crippen LogP contribution in [0.5, 0.6) is 0 Å². The van der Waals surface area contributed by atoms with Gasteiger partial charge in [-0.2, -0.15) is 0 Å². The molecule has 0 heterocycles. The van der Waals surface area contributed by atoms with Crippen molar-refractivity contribution in [3.05, 3.63) is 0 Å². The van der Waals surface area contributed by atoms with Crippen LogP contribution in [0.4, 0.5) is 4.39 Å². The second kappa shape index (κ2) is 4.66. The average molecular weight is 189 g/mol. The van der Waals surface area contributed by atoms with Crippen molar-refractivity contribution in [1.29, 1.82) is 0 Å². The number of rotatable bonds is 2. The Bertz CT molecular complexity index is 14.4. The van der Waals surface area contributed by atoms with Gasteiger partial charge >= 0.3 is 41.6 Å². The van der Waals surface area contributed by atoms with Gasteiger partial charge in [0.2, 0.25) is 0 Å². The second-order valence-electron chi connectivity index (χ2n) is 0.557. The first-order chi connectivity index (χ1) is 2.41. The van der Waals surface area contributed by atoms with Gasteiger partial charge in [-0.05, 0) is 0 Å². The fourth-order valence-corrected chi connectivity index (χ4v) is 0.479. The summed E-state index contributed by atoms with van der Waals surface area (Å²) in [4.78, 5) is 0. The molecule has 0 N–H and O–H groups in total. The summed E-state index contributed by atoms with van der Waals surface area (Å²) in [6, 6.07) is 0. The molecule has 2 heteroatoms. The van der Waals surface area contributed by atoms with Gasteiger partial charge in [0, 0.05) is 0 Å². The molecule has 5 heavy (non-hydrogen) atoms. The van der Waals surface area contributed by atoms with E-state index in [4.69, 9.17) is 0 Å². The number of hydrogen-bond donors (Lipinski definition) is 0. The van der Waals surface area contributed by atoms with E-state index >= 15 is 0 Å². The minimum atomic E-state index is -0.0463. The van der Waals surface area contributed by atoms with Crippen molar-refractivity contribution < 1.29 is 25.6 Å². The molecule has 0 saturated heterocycles. The van der Waals surface area contributed by atoms with E-state index in [0.717, 1.165) is 4.43 Å². The van der Waals surface area contributed by atoms with Crippen LogP contribution in [-0.4, -0.2) is 9.11 Å². The van der Waals surface area contributed by atoms with Gasteiger partial charge in [-0.25, -0.2) is 0 Å². The third-order valence-corrected chi connectivity index (χ3v) is 1.75. The summed E-state index contributed by atoms with van der Waals surface area (Å²) in [6.07, 6.45) is 0. The van der Waals surface area contributed by atoms with Crippen molar-refractivity contribution >= 4 is 0 Å². The normalized spacial score (nSPS) is 9.20. The van der Waals surface area contributed by atoms with Crippen LogP contribution in [-0.2, 0) is 0 Å². The molecule has 0 atom stereocenters. The average Bonchev–Trinajstić information content (AvgIpc) is 1.41. The minimum absolute atomic E-state index is 0.0356. The molecule has 0 bridgehead atoms. The Labute approximate surface area is 42.0 Å². The van der Waals surface area contributed by atoms with E-state index < -0.39 is 0 Å². The maximum atomic E-state index is 11.0. The first-order valence-corrected chi connectivity index (χ1v) is 4.56. The van der Waals surface area contributed by atoms with Crippen LogP contribution in [0.1, 0.15) is 6.92 Å². The van der Waals surface area contributed by atoms with Crippen molar-refractivity contribution in [2.24, 2.45) is 0 Å². The van der Waals surface area contributed by atoms with Gasteiger partial charge in [0.05, 0.1) is 0 Å². The van der Waals surface area contributed by atoms with Crippen LogP contribution < -0.4 is 21.2 Å². The van der Waals surface area contributed by atoms with E-state index in [1.54, 1.807) is 0 Å². The van der Waals surface area contributed by atoms with Crippen molar-refractivity contribution in [1.82, 2.24) is 0 Å². The van der Waals surface area contributed by atoms with Crippen LogP contribution in [0.25, 0.3) is 0 Å². The summed E-state index contributed by atoms with van der Waals surface area (Å²) in [5, 5.41) is 0. The zero-order chi connectivity index (χ0) is 4.12. The van der Waals surface area contributed by atoms with E-state index in [9.17, 15) is 4.39 Å². The molecule has 0 aromatic heterocycles. The van der Waals surface area contributed by atoms with E-state index in [1.807, 2.05) is 6.92 Å². The molecule has 0 aliphatic carbocycles. The molecule has 0 radical (unpaired) electrons. The molecule has 34 valence electrons. The molecular weight excluding hydrogens is 182 g/mol. The molecule has 0 aliphatic rings. The van der Waals surface area contributed by atoms with Crippen molar-refractivity contribution in [3.8, 4) is 0 Å².